The number of ether oxygens (including phenoxy) is 2. The molecule has 0 aliphatic carbocycles. The summed E-state index contributed by atoms with van der Waals surface area (Å²) in [6.45, 7) is 6.24. The molecule has 1 unspecified atom stereocenters. The Hall–Kier alpha value is -1.79. The first kappa shape index (κ1) is 17.6. The van der Waals surface area contributed by atoms with Gasteiger partial charge in [0.1, 0.15) is 5.75 Å². The zero-order chi connectivity index (χ0) is 17.0. The van der Waals surface area contributed by atoms with E-state index in [4.69, 9.17) is 33.3 Å². The van der Waals surface area contributed by atoms with Crippen molar-refractivity contribution in [3.63, 3.8) is 0 Å². The summed E-state index contributed by atoms with van der Waals surface area (Å²) >= 11 is 11.4. The van der Waals surface area contributed by atoms with E-state index < -0.39 is 12.0 Å². The predicted molar refractivity (Wildman–Crippen MR) is 93.6 cm³/mol. The summed E-state index contributed by atoms with van der Waals surface area (Å²) in [4.78, 5) is 12.4. The maximum Gasteiger partial charge on any atom is 0.338 e. The first-order valence-corrected chi connectivity index (χ1v) is 8.14. The van der Waals surface area contributed by atoms with Crippen LogP contribution in [0.3, 0.4) is 0 Å². The fraction of sp³-hybridized carbons (Fsp3) is 0.375. The number of thiocarbonyl (C=S) groups is 1. The molecule has 0 radical (unpaired) electrons. The molecule has 7 heteroatoms. The van der Waals surface area contributed by atoms with Crippen molar-refractivity contribution in [1.82, 2.24) is 10.6 Å². The number of allylic oxidation sites excluding steroid dienone is 1. The molecule has 0 spiro atoms. The van der Waals surface area contributed by atoms with Crippen molar-refractivity contribution in [3.05, 3.63) is 40.1 Å². The summed E-state index contributed by atoms with van der Waals surface area (Å²) in [5.74, 6) is 0.244. The number of rotatable bonds is 5. The van der Waals surface area contributed by atoms with E-state index >= 15 is 0 Å². The average molecular weight is 355 g/mol. The van der Waals surface area contributed by atoms with E-state index in [0.29, 0.717) is 40.4 Å². The van der Waals surface area contributed by atoms with Gasteiger partial charge in [0.05, 0.1) is 24.8 Å². The van der Waals surface area contributed by atoms with Gasteiger partial charge in [0.25, 0.3) is 0 Å². The summed E-state index contributed by atoms with van der Waals surface area (Å²) in [5.41, 5.74) is 1.86. The molecule has 1 aromatic rings. The van der Waals surface area contributed by atoms with Crippen LogP contribution in [0.4, 0.5) is 0 Å². The van der Waals surface area contributed by atoms with E-state index in [9.17, 15) is 4.79 Å². The molecule has 1 aromatic carbocycles. The zero-order valence-electron chi connectivity index (χ0n) is 13.2. The number of benzene rings is 1. The first-order chi connectivity index (χ1) is 11.0. The van der Waals surface area contributed by atoms with Crippen molar-refractivity contribution in [2.45, 2.75) is 26.8 Å². The van der Waals surface area contributed by atoms with E-state index in [-0.39, 0.29) is 0 Å². The van der Waals surface area contributed by atoms with Gasteiger partial charge in [0.2, 0.25) is 0 Å². The molecule has 0 fully saturated rings. The molecule has 23 heavy (non-hydrogen) atoms. The normalized spacial score (nSPS) is 17.4. The van der Waals surface area contributed by atoms with Crippen molar-refractivity contribution in [2.24, 2.45) is 0 Å². The highest BCUT2D eigenvalue weighted by molar-refractivity contribution is 7.80. The van der Waals surface area contributed by atoms with Crippen molar-refractivity contribution < 1.29 is 14.3 Å². The number of esters is 1. The van der Waals surface area contributed by atoms with E-state index in [1.807, 2.05) is 6.92 Å². The highest BCUT2D eigenvalue weighted by Crippen LogP contribution is 2.35. The molecule has 5 nitrogen and oxygen atoms in total. The topological polar surface area (TPSA) is 59.6 Å². The summed E-state index contributed by atoms with van der Waals surface area (Å²) in [7, 11) is 0. The van der Waals surface area contributed by atoms with Crippen molar-refractivity contribution in [1.29, 1.82) is 0 Å². The number of hydrogen-bond donors (Lipinski definition) is 2. The van der Waals surface area contributed by atoms with Gasteiger partial charge in [-0.05, 0) is 51.2 Å². The van der Waals surface area contributed by atoms with Gasteiger partial charge in [-0.1, -0.05) is 11.6 Å². The lowest BCUT2D eigenvalue weighted by Gasteiger charge is -2.30. The summed E-state index contributed by atoms with van der Waals surface area (Å²) in [5, 5.41) is 7.05. The monoisotopic (exact) mass is 354 g/mol. The standard InChI is InChI=1S/C16H19ClN2O3S/c1-4-21-12-7-6-10(17)8-11(12)14-13(15(20)22-5-2)9(3)18-16(23)19-14/h6-8,14H,4-5H2,1-3H3,(H2,18,19,23). The molecule has 1 aliphatic rings. The second kappa shape index (κ2) is 7.66. The molecular weight excluding hydrogens is 336 g/mol. The summed E-state index contributed by atoms with van der Waals surface area (Å²) in [6.07, 6.45) is 0. The maximum absolute atomic E-state index is 12.4. The van der Waals surface area contributed by atoms with Gasteiger partial charge in [-0.15, -0.1) is 0 Å². The number of carbonyl (C=O) groups excluding carboxylic acids is 1. The quantitative estimate of drug-likeness (QED) is 0.626. The van der Waals surface area contributed by atoms with Crippen LogP contribution >= 0.6 is 23.8 Å². The number of nitrogens with one attached hydrogen (secondary N) is 2. The van der Waals surface area contributed by atoms with Crippen LogP contribution in [0, 0.1) is 0 Å². The van der Waals surface area contributed by atoms with Gasteiger partial charge in [-0.3, -0.25) is 0 Å². The molecule has 0 amide bonds. The largest absolute Gasteiger partial charge is 0.494 e. The first-order valence-electron chi connectivity index (χ1n) is 7.35. The Bertz CT molecular complexity index is 661. The molecule has 1 atom stereocenters. The zero-order valence-corrected chi connectivity index (χ0v) is 14.8. The van der Waals surface area contributed by atoms with Crippen LogP contribution in [0.5, 0.6) is 5.75 Å². The second-order valence-corrected chi connectivity index (χ2v) is 5.75. The Labute approximate surface area is 146 Å². The molecular formula is C16H19ClN2O3S. The number of carbonyl (C=O) groups is 1. The van der Waals surface area contributed by atoms with Gasteiger partial charge < -0.3 is 20.1 Å². The highest BCUT2D eigenvalue weighted by atomic mass is 35.5. The summed E-state index contributed by atoms with van der Waals surface area (Å²) in [6, 6.07) is 4.82. The Morgan fingerprint density at radius 2 is 2.09 bits per heavy atom. The Morgan fingerprint density at radius 1 is 1.35 bits per heavy atom. The fourth-order valence-corrected chi connectivity index (χ4v) is 2.89. The van der Waals surface area contributed by atoms with Gasteiger partial charge >= 0.3 is 5.97 Å². The molecule has 0 aromatic heterocycles. The molecule has 0 saturated carbocycles. The van der Waals surface area contributed by atoms with Crippen LogP contribution in [0.15, 0.2) is 29.5 Å². The second-order valence-electron chi connectivity index (χ2n) is 4.91. The van der Waals surface area contributed by atoms with Gasteiger partial charge in [0.15, 0.2) is 5.11 Å². The van der Waals surface area contributed by atoms with Crippen molar-refractivity contribution >= 4 is 34.9 Å². The fourth-order valence-electron chi connectivity index (χ4n) is 2.44. The van der Waals surface area contributed by atoms with Crippen LogP contribution in [0.25, 0.3) is 0 Å². The molecule has 0 saturated heterocycles. The smallest absolute Gasteiger partial charge is 0.338 e. The highest BCUT2D eigenvalue weighted by Gasteiger charge is 2.32. The maximum atomic E-state index is 12.4. The minimum Gasteiger partial charge on any atom is -0.494 e. The van der Waals surface area contributed by atoms with E-state index in [1.54, 1.807) is 32.0 Å². The lowest BCUT2D eigenvalue weighted by atomic mass is 9.95. The SMILES string of the molecule is CCOC(=O)C1=C(C)NC(=S)NC1c1cc(Cl)ccc1OCC. The van der Waals surface area contributed by atoms with Gasteiger partial charge in [-0.2, -0.15) is 0 Å². The summed E-state index contributed by atoms with van der Waals surface area (Å²) < 4.78 is 10.8. The molecule has 0 bridgehead atoms. The van der Waals surface area contributed by atoms with E-state index in [2.05, 4.69) is 10.6 Å². The van der Waals surface area contributed by atoms with Crippen LogP contribution in [0.1, 0.15) is 32.4 Å². The lowest BCUT2D eigenvalue weighted by molar-refractivity contribution is -0.139. The molecule has 2 N–H and O–H groups in total. The molecule has 124 valence electrons. The van der Waals surface area contributed by atoms with Crippen LogP contribution in [-0.2, 0) is 9.53 Å². The molecule has 1 heterocycles. The Kier molecular flexibility index (Phi) is 5.85. The molecule has 2 rings (SSSR count). The van der Waals surface area contributed by atoms with Crippen LogP contribution in [-0.4, -0.2) is 24.3 Å². The predicted octanol–water partition coefficient (Wildman–Crippen LogP) is 3.09. The van der Waals surface area contributed by atoms with Crippen LogP contribution in [0.2, 0.25) is 5.02 Å². The number of halogens is 1. The Morgan fingerprint density at radius 3 is 2.74 bits per heavy atom. The van der Waals surface area contributed by atoms with E-state index in [1.165, 1.54) is 0 Å². The van der Waals surface area contributed by atoms with E-state index in [0.717, 1.165) is 5.56 Å². The van der Waals surface area contributed by atoms with Crippen molar-refractivity contribution in [3.8, 4) is 5.75 Å². The Balaban J connectivity index is 2.54. The average Bonchev–Trinajstić information content (AvgIpc) is 2.48. The third-order valence-electron chi connectivity index (χ3n) is 3.35. The van der Waals surface area contributed by atoms with Crippen molar-refractivity contribution in [2.75, 3.05) is 13.2 Å². The lowest BCUT2D eigenvalue weighted by Crippen LogP contribution is -2.45. The van der Waals surface area contributed by atoms with Gasteiger partial charge in [0, 0.05) is 16.3 Å². The van der Waals surface area contributed by atoms with Crippen LogP contribution < -0.4 is 15.4 Å². The molecule has 1 aliphatic heterocycles. The third kappa shape index (κ3) is 3.95. The van der Waals surface area contributed by atoms with Gasteiger partial charge in [-0.25, -0.2) is 4.79 Å². The number of hydrogen-bond acceptors (Lipinski definition) is 4. The third-order valence-corrected chi connectivity index (χ3v) is 3.80. The minimum atomic E-state index is -0.483. The minimum absolute atomic E-state index is 0.292.